The first-order valence-corrected chi connectivity index (χ1v) is 7.85. The van der Waals surface area contributed by atoms with Gasteiger partial charge in [0.05, 0.1) is 16.2 Å². The summed E-state index contributed by atoms with van der Waals surface area (Å²) in [6.45, 7) is 0. The molecule has 3 nitrogen and oxygen atoms in total. The number of rotatable bonds is 2. The fourth-order valence-corrected chi connectivity index (χ4v) is 2.90. The van der Waals surface area contributed by atoms with Crippen LogP contribution in [0.1, 0.15) is 11.1 Å². The van der Waals surface area contributed by atoms with E-state index in [1.54, 1.807) is 6.07 Å². The fraction of sp³-hybridized carbons (Fsp3) is 0.0588. The summed E-state index contributed by atoms with van der Waals surface area (Å²) >= 11 is 1.03. The minimum atomic E-state index is -4.41. The molecule has 1 fully saturated rings. The van der Waals surface area contributed by atoms with E-state index in [1.807, 2.05) is 0 Å². The molecular weight excluding hydrogens is 356 g/mol. The van der Waals surface area contributed by atoms with Crippen molar-refractivity contribution in [3.8, 4) is 0 Å². The Morgan fingerprint density at radius 1 is 1.08 bits per heavy atom. The quantitative estimate of drug-likeness (QED) is 0.616. The van der Waals surface area contributed by atoms with Gasteiger partial charge in [-0.3, -0.25) is 4.79 Å². The molecule has 0 spiro atoms. The maximum atomic E-state index is 13.1. The molecule has 1 heterocycles. The van der Waals surface area contributed by atoms with Crippen LogP contribution in [0.4, 0.5) is 23.2 Å². The molecule has 0 radical (unpaired) electrons. The van der Waals surface area contributed by atoms with Crippen LogP contribution in [0.2, 0.25) is 0 Å². The predicted octanol–water partition coefficient (Wildman–Crippen LogP) is 4.74. The Labute approximate surface area is 144 Å². The first-order valence-electron chi connectivity index (χ1n) is 7.04. The van der Waals surface area contributed by atoms with Crippen molar-refractivity contribution in [2.24, 2.45) is 4.99 Å². The number of halogens is 4. The van der Waals surface area contributed by atoms with Crippen LogP contribution in [0.25, 0.3) is 6.08 Å². The zero-order chi connectivity index (χ0) is 18.0. The molecule has 1 aliphatic rings. The molecule has 0 aromatic heterocycles. The average molecular weight is 366 g/mol. The number of alkyl halides is 3. The van der Waals surface area contributed by atoms with Crippen molar-refractivity contribution in [2.45, 2.75) is 6.18 Å². The van der Waals surface area contributed by atoms with Gasteiger partial charge in [0.15, 0.2) is 5.17 Å². The molecular formula is C17H10F4N2OS. The Morgan fingerprint density at radius 2 is 1.80 bits per heavy atom. The van der Waals surface area contributed by atoms with Crippen molar-refractivity contribution in [2.75, 3.05) is 0 Å². The molecule has 0 atom stereocenters. The van der Waals surface area contributed by atoms with Gasteiger partial charge in [0.25, 0.3) is 5.91 Å². The van der Waals surface area contributed by atoms with Crippen LogP contribution in [0.15, 0.2) is 58.4 Å². The number of carbonyl (C=O) groups is 1. The third-order valence-electron chi connectivity index (χ3n) is 3.23. The van der Waals surface area contributed by atoms with E-state index in [-0.39, 0.29) is 10.1 Å². The molecule has 1 saturated heterocycles. The Kier molecular flexibility index (Phi) is 4.63. The summed E-state index contributed by atoms with van der Waals surface area (Å²) in [7, 11) is 0. The van der Waals surface area contributed by atoms with Gasteiger partial charge in [0.2, 0.25) is 0 Å². The molecule has 3 rings (SSSR count). The van der Waals surface area contributed by atoms with Crippen molar-refractivity contribution >= 4 is 34.6 Å². The minimum Gasteiger partial charge on any atom is -0.300 e. The zero-order valence-corrected chi connectivity index (χ0v) is 13.3. The number of hydrogen-bond acceptors (Lipinski definition) is 3. The van der Waals surface area contributed by atoms with Gasteiger partial charge in [0.1, 0.15) is 5.82 Å². The van der Waals surface area contributed by atoms with Crippen molar-refractivity contribution in [1.29, 1.82) is 0 Å². The number of nitrogens with one attached hydrogen (secondary N) is 1. The van der Waals surface area contributed by atoms with E-state index in [9.17, 15) is 22.4 Å². The van der Waals surface area contributed by atoms with Crippen LogP contribution in [0.3, 0.4) is 0 Å². The molecule has 2 aromatic carbocycles. The summed E-state index contributed by atoms with van der Waals surface area (Å²) in [5.41, 5.74) is 0.0442. The summed E-state index contributed by atoms with van der Waals surface area (Å²) in [4.78, 5) is 16.3. The maximum absolute atomic E-state index is 13.1. The molecule has 0 unspecified atom stereocenters. The van der Waals surface area contributed by atoms with Gasteiger partial charge >= 0.3 is 6.18 Å². The summed E-state index contributed by atoms with van der Waals surface area (Å²) in [6.07, 6.45) is -2.94. The summed E-state index contributed by atoms with van der Waals surface area (Å²) < 4.78 is 50.8. The van der Waals surface area contributed by atoms with Crippen LogP contribution in [0.5, 0.6) is 0 Å². The topological polar surface area (TPSA) is 41.5 Å². The number of amides is 1. The maximum Gasteiger partial charge on any atom is 0.416 e. The lowest BCUT2D eigenvalue weighted by atomic mass is 10.1. The molecule has 1 amide bonds. The van der Waals surface area contributed by atoms with Gasteiger partial charge in [-0.1, -0.05) is 18.2 Å². The number of thioether (sulfide) groups is 1. The first kappa shape index (κ1) is 17.2. The second-order valence-electron chi connectivity index (χ2n) is 5.08. The van der Waals surface area contributed by atoms with Crippen molar-refractivity contribution in [1.82, 2.24) is 5.32 Å². The number of benzene rings is 2. The average Bonchev–Trinajstić information content (AvgIpc) is 2.86. The highest BCUT2D eigenvalue weighted by atomic mass is 32.2. The summed E-state index contributed by atoms with van der Waals surface area (Å²) in [6, 6.07) is 10.0. The SMILES string of the molecule is O=C1NC(=Nc2cccc(F)c2)SC1=Cc1ccc(C(F)(F)F)cc1. The monoisotopic (exact) mass is 366 g/mol. The lowest BCUT2D eigenvalue weighted by molar-refractivity contribution is -0.137. The minimum absolute atomic E-state index is 0.272. The van der Waals surface area contributed by atoms with E-state index in [2.05, 4.69) is 10.3 Å². The highest BCUT2D eigenvalue weighted by Crippen LogP contribution is 2.31. The zero-order valence-electron chi connectivity index (χ0n) is 12.5. The van der Waals surface area contributed by atoms with Gasteiger partial charge in [-0.05, 0) is 53.7 Å². The Hall–Kier alpha value is -2.61. The van der Waals surface area contributed by atoms with Gasteiger partial charge in [-0.25, -0.2) is 9.38 Å². The normalized spacial score (nSPS) is 18.0. The summed E-state index contributed by atoms with van der Waals surface area (Å²) in [5, 5.41) is 2.80. The number of nitrogens with zero attached hydrogens (tertiary/aromatic N) is 1. The number of amidine groups is 1. The van der Waals surface area contributed by atoms with Crippen LogP contribution in [-0.2, 0) is 11.0 Å². The van der Waals surface area contributed by atoms with E-state index in [0.29, 0.717) is 11.3 Å². The van der Waals surface area contributed by atoms with E-state index in [0.717, 1.165) is 23.9 Å². The molecule has 1 N–H and O–H groups in total. The smallest absolute Gasteiger partial charge is 0.300 e. The third-order valence-corrected chi connectivity index (χ3v) is 4.14. The molecule has 8 heteroatoms. The lowest BCUT2D eigenvalue weighted by Gasteiger charge is -2.06. The van der Waals surface area contributed by atoms with Crippen molar-refractivity contribution < 1.29 is 22.4 Å². The molecule has 25 heavy (non-hydrogen) atoms. The second-order valence-corrected chi connectivity index (χ2v) is 6.11. The standard InChI is InChI=1S/C17H10F4N2OS/c18-12-2-1-3-13(9-12)22-16-23-15(24)14(25-16)8-10-4-6-11(7-5-10)17(19,20)21/h1-9H,(H,22,23,24). The van der Waals surface area contributed by atoms with Crippen LogP contribution >= 0.6 is 11.8 Å². The first-order chi connectivity index (χ1) is 11.8. The molecule has 128 valence electrons. The third kappa shape index (κ3) is 4.27. The largest absolute Gasteiger partial charge is 0.416 e. The van der Waals surface area contributed by atoms with E-state index in [1.165, 1.54) is 36.4 Å². The molecule has 0 saturated carbocycles. The van der Waals surface area contributed by atoms with Crippen LogP contribution < -0.4 is 5.32 Å². The van der Waals surface area contributed by atoms with Crippen molar-refractivity contribution in [3.05, 3.63) is 70.4 Å². The van der Waals surface area contributed by atoms with E-state index >= 15 is 0 Å². The van der Waals surface area contributed by atoms with E-state index in [4.69, 9.17) is 0 Å². The predicted molar refractivity (Wildman–Crippen MR) is 88.6 cm³/mol. The lowest BCUT2D eigenvalue weighted by Crippen LogP contribution is -2.19. The van der Waals surface area contributed by atoms with E-state index < -0.39 is 23.5 Å². The second kappa shape index (κ2) is 6.72. The van der Waals surface area contributed by atoms with Crippen LogP contribution in [-0.4, -0.2) is 11.1 Å². The Morgan fingerprint density at radius 3 is 2.44 bits per heavy atom. The van der Waals surface area contributed by atoms with Gasteiger partial charge in [0, 0.05) is 0 Å². The Bertz CT molecular complexity index is 873. The van der Waals surface area contributed by atoms with Gasteiger partial charge in [-0.15, -0.1) is 0 Å². The highest BCUT2D eigenvalue weighted by molar-refractivity contribution is 8.18. The number of hydrogen-bond donors (Lipinski definition) is 1. The number of carbonyl (C=O) groups excluding carboxylic acids is 1. The Balaban J connectivity index is 1.79. The molecule has 0 aliphatic carbocycles. The van der Waals surface area contributed by atoms with Gasteiger partial charge < -0.3 is 5.32 Å². The highest BCUT2D eigenvalue weighted by Gasteiger charge is 2.30. The van der Waals surface area contributed by atoms with Crippen molar-refractivity contribution in [3.63, 3.8) is 0 Å². The summed E-state index contributed by atoms with van der Waals surface area (Å²) in [5.74, 6) is -0.864. The molecule has 2 aromatic rings. The fourth-order valence-electron chi connectivity index (χ4n) is 2.06. The van der Waals surface area contributed by atoms with Crippen LogP contribution in [0, 0.1) is 5.82 Å². The molecule has 1 aliphatic heterocycles. The number of aliphatic imine (C=N–C) groups is 1. The van der Waals surface area contributed by atoms with Gasteiger partial charge in [-0.2, -0.15) is 13.2 Å². The molecule has 0 bridgehead atoms.